The summed E-state index contributed by atoms with van der Waals surface area (Å²) in [5.74, 6) is 1.58. The van der Waals surface area contributed by atoms with Gasteiger partial charge in [0.15, 0.2) is 11.5 Å². The molecule has 2 heterocycles. The Labute approximate surface area is 146 Å². The number of halogens is 2. The molecule has 0 saturated heterocycles. The standard InChI is InChI=1S/C18H13BrFNO3/c1-9-11-6-15-16(24-8-23-15)7-13(11)21-18(17(9)19)12-5-10(20)3-4-14(12)22-2/h3-7H,8H2,1-2H3. The number of nitrogens with zero attached hydrogens (tertiary/aromatic N) is 1. The van der Waals surface area contributed by atoms with E-state index in [9.17, 15) is 4.39 Å². The van der Waals surface area contributed by atoms with Crippen molar-refractivity contribution in [1.82, 2.24) is 4.98 Å². The van der Waals surface area contributed by atoms with Gasteiger partial charge in [0.25, 0.3) is 0 Å². The zero-order valence-electron chi connectivity index (χ0n) is 13.0. The second-order valence-corrected chi connectivity index (χ2v) is 6.26. The van der Waals surface area contributed by atoms with E-state index in [0.29, 0.717) is 28.5 Å². The molecule has 0 spiro atoms. The first-order valence-electron chi connectivity index (χ1n) is 7.32. The Kier molecular flexibility index (Phi) is 3.57. The molecule has 0 fully saturated rings. The first-order valence-corrected chi connectivity index (χ1v) is 8.11. The Hall–Kier alpha value is -2.34. The summed E-state index contributed by atoms with van der Waals surface area (Å²) < 4.78 is 30.8. The van der Waals surface area contributed by atoms with Gasteiger partial charge >= 0.3 is 0 Å². The Morgan fingerprint density at radius 1 is 1.17 bits per heavy atom. The number of rotatable bonds is 2. The zero-order valence-corrected chi connectivity index (χ0v) is 14.6. The minimum Gasteiger partial charge on any atom is -0.496 e. The summed E-state index contributed by atoms with van der Waals surface area (Å²) in [5, 5.41) is 0.949. The molecule has 1 aliphatic heterocycles. The smallest absolute Gasteiger partial charge is 0.231 e. The average Bonchev–Trinajstić information content (AvgIpc) is 3.04. The molecule has 4 rings (SSSR count). The van der Waals surface area contributed by atoms with Crippen LogP contribution < -0.4 is 14.2 Å². The Balaban J connectivity index is 2.02. The lowest BCUT2D eigenvalue weighted by Gasteiger charge is -2.14. The average molecular weight is 390 g/mol. The van der Waals surface area contributed by atoms with E-state index in [1.807, 2.05) is 19.1 Å². The second-order valence-electron chi connectivity index (χ2n) is 5.47. The van der Waals surface area contributed by atoms with Gasteiger partial charge in [0.2, 0.25) is 6.79 Å². The number of benzene rings is 2. The van der Waals surface area contributed by atoms with Crippen LogP contribution in [0.15, 0.2) is 34.8 Å². The second kappa shape index (κ2) is 5.63. The third-order valence-electron chi connectivity index (χ3n) is 4.08. The van der Waals surface area contributed by atoms with Crippen molar-refractivity contribution in [2.75, 3.05) is 13.9 Å². The van der Waals surface area contributed by atoms with Gasteiger partial charge < -0.3 is 14.2 Å². The molecule has 1 aliphatic rings. The molecule has 0 atom stereocenters. The summed E-state index contributed by atoms with van der Waals surface area (Å²) in [6, 6.07) is 8.13. The molecular weight excluding hydrogens is 377 g/mol. The SMILES string of the molecule is COc1ccc(F)cc1-c1nc2cc3c(cc2c(C)c1Br)OCO3. The van der Waals surface area contributed by atoms with Crippen molar-refractivity contribution < 1.29 is 18.6 Å². The van der Waals surface area contributed by atoms with Gasteiger partial charge in [-0.25, -0.2) is 9.37 Å². The van der Waals surface area contributed by atoms with Crippen LogP contribution in [-0.2, 0) is 0 Å². The number of methoxy groups -OCH3 is 1. The van der Waals surface area contributed by atoms with Crippen LogP contribution in [0.25, 0.3) is 22.2 Å². The first kappa shape index (κ1) is 15.2. The maximum atomic E-state index is 13.8. The van der Waals surface area contributed by atoms with Gasteiger partial charge in [-0.1, -0.05) is 0 Å². The molecule has 3 aromatic rings. The zero-order chi connectivity index (χ0) is 16.8. The summed E-state index contributed by atoms with van der Waals surface area (Å²) in [7, 11) is 1.55. The fourth-order valence-corrected chi connectivity index (χ4v) is 3.35. The highest BCUT2D eigenvalue weighted by atomic mass is 79.9. The normalized spacial score (nSPS) is 12.7. The van der Waals surface area contributed by atoms with Crippen LogP contribution >= 0.6 is 15.9 Å². The van der Waals surface area contributed by atoms with Crippen molar-refractivity contribution in [2.45, 2.75) is 6.92 Å². The molecule has 4 nitrogen and oxygen atoms in total. The minimum atomic E-state index is -0.345. The number of hydrogen-bond donors (Lipinski definition) is 0. The number of aromatic nitrogens is 1. The van der Waals surface area contributed by atoms with E-state index < -0.39 is 0 Å². The van der Waals surface area contributed by atoms with Crippen LogP contribution in [0.4, 0.5) is 4.39 Å². The van der Waals surface area contributed by atoms with Gasteiger partial charge in [0, 0.05) is 21.5 Å². The van der Waals surface area contributed by atoms with Crippen molar-refractivity contribution in [1.29, 1.82) is 0 Å². The van der Waals surface area contributed by atoms with E-state index in [-0.39, 0.29) is 12.6 Å². The third-order valence-corrected chi connectivity index (χ3v) is 5.05. The van der Waals surface area contributed by atoms with Crippen LogP contribution in [0, 0.1) is 12.7 Å². The molecule has 1 aromatic heterocycles. The summed E-state index contributed by atoms with van der Waals surface area (Å²) in [5.41, 5.74) is 2.95. The molecule has 0 aliphatic carbocycles. The fourth-order valence-electron chi connectivity index (χ4n) is 2.83. The summed E-state index contributed by atoms with van der Waals surface area (Å²) in [6.45, 7) is 2.18. The first-order chi connectivity index (χ1) is 11.6. The lowest BCUT2D eigenvalue weighted by Crippen LogP contribution is -1.96. The molecule has 0 bridgehead atoms. The lowest BCUT2D eigenvalue weighted by molar-refractivity contribution is 0.174. The number of hydrogen-bond acceptors (Lipinski definition) is 4. The van der Waals surface area contributed by atoms with Gasteiger partial charge in [-0.3, -0.25) is 0 Å². The molecule has 2 aromatic carbocycles. The highest BCUT2D eigenvalue weighted by Gasteiger charge is 2.20. The van der Waals surface area contributed by atoms with Gasteiger partial charge in [-0.05, 0) is 52.7 Å². The predicted molar refractivity (Wildman–Crippen MR) is 92.2 cm³/mol. The summed E-state index contributed by atoms with van der Waals surface area (Å²) in [4.78, 5) is 4.70. The van der Waals surface area contributed by atoms with Crippen molar-refractivity contribution in [3.05, 3.63) is 46.2 Å². The molecule has 0 saturated carbocycles. The number of ether oxygens (including phenoxy) is 3. The molecular formula is C18H13BrFNO3. The van der Waals surface area contributed by atoms with Crippen LogP contribution in [0.1, 0.15) is 5.56 Å². The quantitative estimate of drug-likeness (QED) is 0.628. The van der Waals surface area contributed by atoms with E-state index in [0.717, 1.165) is 20.9 Å². The van der Waals surface area contributed by atoms with E-state index in [1.54, 1.807) is 13.2 Å². The molecule has 24 heavy (non-hydrogen) atoms. The van der Waals surface area contributed by atoms with Gasteiger partial charge in [0.05, 0.1) is 18.3 Å². The Morgan fingerprint density at radius 3 is 2.67 bits per heavy atom. The van der Waals surface area contributed by atoms with E-state index in [1.165, 1.54) is 12.1 Å². The highest BCUT2D eigenvalue weighted by molar-refractivity contribution is 9.10. The van der Waals surface area contributed by atoms with Crippen LogP contribution in [0.3, 0.4) is 0 Å². The van der Waals surface area contributed by atoms with E-state index >= 15 is 0 Å². The monoisotopic (exact) mass is 389 g/mol. The fraction of sp³-hybridized carbons (Fsp3) is 0.167. The summed E-state index contributed by atoms with van der Waals surface area (Å²) in [6.07, 6.45) is 0. The topological polar surface area (TPSA) is 40.6 Å². The van der Waals surface area contributed by atoms with Crippen molar-refractivity contribution >= 4 is 26.8 Å². The molecule has 0 unspecified atom stereocenters. The van der Waals surface area contributed by atoms with Crippen molar-refractivity contribution in [3.8, 4) is 28.5 Å². The minimum absolute atomic E-state index is 0.205. The lowest BCUT2D eigenvalue weighted by atomic mass is 10.0. The van der Waals surface area contributed by atoms with Crippen LogP contribution in [-0.4, -0.2) is 18.9 Å². The highest BCUT2D eigenvalue weighted by Crippen LogP contribution is 2.42. The molecule has 0 radical (unpaired) electrons. The largest absolute Gasteiger partial charge is 0.496 e. The predicted octanol–water partition coefficient (Wildman–Crippen LogP) is 4.85. The number of aryl methyl sites for hydroxylation is 1. The molecule has 122 valence electrons. The Morgan fingerprint density at radius 2 is 1.92 bits per heavy atom. The third kappa shape index (κ3) is 2.29. The molecule has 0 N–H and O–H groups in total. The molecule has 0 amide bonds. The summed E-state index contributed by atoms with van der Waals surface area (Å²) >= 11 is 3.59. The maximum Gasteiger partial charge on any atom is 0.231 e. The van der Waals surface area contributed by atoms with Crippen molar-refractivity contribution in [2.24, 2.45) is 0 Å². The van der Waals surface area contributed by atoms with Crippen LogP contribution in [0.5, 0.6) is 17.2 Å². The van der Waals surface area contributed by atoms with Gasteiger partial charge in [-0.15, -0.1) is 0 Å². The Bertz CT molecular complexity index is 974. The van der Waals surface area contributed by atoms with E-state index in [2.05, 4.69) is 15.9 Å². The van der Waals surface area contributed by atoms with Gasteiger partial charge in [0.1, 0.15) is 11.6 Å². The maximum absolute atomic E-state index is 13.8. The van der Waals surface area contributed by atoms with Crippen LogP contribution in [0.2, 0.25) is 0 Å². The number of pyridine rings is 1. The van der Waals surface area contributed by atoms with Gasteiger partial charge in [-0.2, -0.15) is 0 Å². The number of fused-ring (bicyclic) bond motifs is 2. The molecule has 6 heteroatoms. The van der Waals surface area contributed by atoms with E-state index in [4.69, 9.17) is 19.2 Å². The van der Waals surface area contributed by atoms with Crippen molar-refractivity contribution in [3.63, 3.8) is 0 Å².